The summed E-state index contributed by atoms with van der Waals surface area (Å²) in [6, 6.07) is 5.48. The lowest BCUT2D eigenvalue weighted by Gasteiger charge is -2.21. The fourth-order valence-corrected chi connectivity index (χ4v) is 4.61. The molecule has 1 atom stereocenters. The van der Waals surface area contributed by atoms with E-state index in [0.717, 1.165) is 42.3 Å². The Kier molecular flexibility index (Phi) is 7.38. The molecule has 2 amide bonds. The van der Waals surface area contributed by atoms with Gasteiger partial charge >= 0.3 is 0 Å². The van der Waals surface area contributed by atoms with Crippen LogP contribution in [0, 0.1) is 12.8 Å². The molecule has 0 unspecified atom stereocenters. The molecule has 8 heteroatoms. The number of hydrogen-bond acceptors (Lipinski definition) is 4. The van der Waals surface area contributed by atoms with E-state index < -0.39 is 17.4 Å². The molecule has 0 saturated carbocycles. The van der Waals surface area contributed by atoms with Gasteiger partial charge in [0.1, 0.15) is 17.0 Å². The standard InChI is InChI=1S/C27H35N5O3/c1-17(2)14-31-15-20(24(33)21(16-31)27(35)32-11-7-5-6-8-12-32)26(34)28-19(4)25-29-22-10-9-18(3)13-23(22)30-25/h9-10,13,15-17,19H,5-8,11-12,14H2,1-4H3,(H,28,34)(H,29,30)/t19-/m1/s1. The van der Waals surface area contributed by atoms with Gasteiger partial charge in [0.15, 0.2) is 0 Å². The van der Waals surface area contributed by atoms with Crippen LogP contribution in [0.15, 0.2) is 35.4 Å². The molecule has 35 heavy (non-hydrogen) atoms. The predicted molar refractivity (Wildman–Crippen MR) is 137 cm³/mol. The highest BCUT2D eigenvalue weighted by Gasteiger charge is 2.25. The number of aromatic amines is 1. The number of nitrogens with one attached hydrogen (secondary N) is 2. The summed E-state index contributed by atoms with van der Waals surface area (Å²) >= 11 is 0. The second-order valence-corrected chi connectivity index (χ2v) is 10.0. The molecule has 4 rings (SSSR count). The Bertz CT molecular complexity index is 1280. The van der Waals surface area contributed by atoms with E-state index in [2.05, 4.69) is 29.1 Å². The molecule has 2 aromatic heterocycles. The van der Waals surface area contributed by atoms with E-state index in [4.69, 9.17) is 0 Å². The number of H-pyrrole nitrogens is 1. The molecule has 2 N–H and O–H groups in total. The predicted octanol–water partition coefficient (Wildman–Crippen LogP) is 4.20. The van der Waals surface area contributed by atoms with E-state index in [0.29, 0.717) is 25.5 Å². The van der Waals surface area contributed by atoms with Crippen molar-refractivity contribution in [2.45, 2.75) is 66.0 Å². The summed E-state index contributed by atoms with van der Waals surface area (Å²) < 4.78 is 1.79. The van der Waals surface area contributed by atoms with Gasteiger partial charge in [0, 0.05) is 32.0 Å². The third-order valence-corrected chi connectivity index (χ3v) is 6.44. The molecule has 8 nitrogen and oxygen atoms in total. The van der Waals surface area contributed by atoms with E-state index in [1.807, 2.05) is 32.0 Å². The van der Waals surface area contributed by atoms with Gasteiger partial charge in [-0.15, -0.1) is 0 Å². The Labute approximate surface area is 205 Å². The Hall–Kier alpha value is -3.42. The molecule has 3 aromatic rings. The molecule has 186 valence electrons. The van der Waals surface area contributed by atoms with Crippen molar-refractivity contribution in [1.82, 2.24) is 24.8 Å². The van der Waals surface area contributed by atoms with Gasteiger partial charge in [0.2, 0.25) is 5.43 Å². The van der Waals surface area contributed by atoms with Gasteiger partial charge in [-0.1, -0.05) is 32.8 Å². The van der Waals surface area contributed by atoms with Crippen molar-refractivity contribution in [3.05, 3.63) is 63.3 Å². The molecule has 0 aliphatic carbocycles. The summed E-state index contributed by atoms with van der Waals surface area (Å²) in [6.45, 7) is 9.82. The summed E-state index contributed by atoms with van der Waals surface area (Å²) in [5, 5.41) is 2.89. The van der Waals surface area contributed by atoms with E-state index in [1.165, 1.54) is 0 Å². The van der Waals surface area contributed by atoms with Crippen molar-refractivity contribution in [3.63, 3.8) is 0 Å². The first-order valence-electron chi connectivity index (χ1n) is 12.5. The van der Waals surface area contributed by atoms with E-state index in [9.17, 15) is 14.4 Å². The number of fused-ring (bicyclic) bond motifs is 1. The molecule has 1 saturated heterocycles. The fourth-order valence-electron chi connectivity index (χ4n) is 4.61. The van der Waals surface area contributed by atoms with Crippen LogP contribution >= 0.6 is 0 Å². The number of rotatable bonds is 6. The average Bonchev–Trinajstić information content (AvgIpc) is 3.04. The van der Waals surface area contributed by atoms with Crippen LogP contribution < -0.4 is 10.7 Å². The van der Waals surface area contributed by atoms with Gasteiger partial charge in [-0.05, 0) is 50.3 Å². The molecule has 0 bridgehead atoms. The maximum Gasteiger partial charge on any atom is 0.259 e. The first-order chi connectivity index (χ1) is 16.7. The lowest BCUT2D eigenvalue weighted by Crippen LogP contribution is -2.39. The number of imidazole rings is 1. The van der Waals surface area contributed by atoms with Crippen LogP contribution in [-0.2, 0) is 6.54 Å². The minimum Gasteiger partial charge on any atom is -0.352 e. The molecule has 0 spiro atoms. The van der Waals surface area contributed by atoms with Gasteiger partial charge in [-0.2, -0.15) is 0 Å². The number of carbonyl (C=O) groups is 2. The van der Waals surface area contributed by atoms with Crippen molar-refractivity contribution in [2.24, 2.45) is 5.92 Å². The Morgan fingerprint density at radius 2 is 1.74 bits per heavy atom. The monoisotopic (exact) mass is 477 g/mol. The van der Waals surface area contributed by atoms with Crippen LogP contribution in [0.25, 0.3) is 11.0 Å². The maximum absolute atomic E-state index is 13.4. The van der Waals surface area contributed by atoms with Crippen molar-refractivity contribution in [2.75, 3.05) is 13.1 Å². The van der Waals surface area contributed by atoms with Crippen LogP contribution in [0.4, 0.5) is 0 Å². The van der Waals surface area contributed by atoms with E-state index >= 15 is 0 Å². The van der Waals surface area contributed by atoms with Crippen molar-refractivity contribution >= 4 is 22.8 Å². The van der Waals surface area contributed by atoms with Crippen molar-refractivity contribution in [1.29, 1.82) is 0 Å². The third kappa shape index (κ3) is 5.63. The number of benzene rings is 1. The average molecular weight is 478 g/mol. The summed E-state index contributed by atoms with van der Waals surface area (Å²) in [5.74, 6) is 0.0950. The molecular weight excluding hydrogens is 442 g/mol. The zero-order valence-corrected chi connectivity index (χ0v) is 21.1. The second kappa shape index (κ2) is 10.5. The minimum atomic E-state index is -0.524. The lowest BCUT2D eigenvalue weighted by atomic mass is 10.1. The van der Waals surface area contributed by atoms with Crippen molar-refractivity contribution < 1.29 is 9.59 Å². The lowest BCUT2D eigenvalue weighted by molar-refractivity contribution is 0.0759. The number of aryl methyl sites for hydroxylation is 1. The van der Waals surface area contributed by atoms with Crippen LogP contribution in [0.2, 0.25) is 0 Å². The summed E-state index contributed by atoms with van der Waals surface area (Å²) in [4.78, 5) is 49.6. The van der Waals surface area contributed by atoms with Crippen LogP contribution in [0.1, 0.15) is 84.6 Å². The first kappa shape index (κ1) is 24.7. The SMILES string of the molecule is Cc1ccc2nc([C@@H](C)NC(=O)c3cn(CC(C)C)cc(C(=O)N4CCCCCC4)c3=O)[nH]c2c1. The summed E-state index contributed by atoms with van der Waals surface area (Å²) in [5.41, 5.74) is 2.34. The Morgan fingerprint density at radius 1 is 1.06 bits per heavy atom. The molecule has 1 aliphatic heterocycles. The largest absolute Gasteiger partial charge is 0.352 e. The molecule has 0 radical (unpaired) electrons. The van der Waals surface area contributed by atoms with Crippen LogP contribution in [0.3, 0.4) is 0 Å². The Morgan fingerprint density at radius 3 is 2.43 bits per heavy atom. The number of aromatic nitrogens is 3. The first-order valence-corrected chi connectivity index (χ1v) is 12.5. The highest BCUT2D eigenvalue weighted by molar-refractivity contribution is 5.99. The van der Waals surface area contributed by atoms with Gasteiger partial charge in [0.05, 0.1) is 17.1 Å². The summed E-state index contributed by atoms with van der Waals surface area (Å²) in [7, 11) is 0. The molecule has 3 heterocycles. The quantitative estimate of drug-likeness (QED) is 0.556. The molecule has 1 aromatic carbocycles. The third-order valence-electron chi connectivity index (χ3n) is 6.44. The van der Waals surface area contributed by atoms with E-state index in [1.54, 1.807) is 21.9 Å². The van der Waals surface area contributed by atoms with Gasteiger partial charge in [-0.25, -0.2) is 4.98 Å². The number of pyridine rings is 1. The minimum absolute atomic E-state index is 0.0230. The molecule has 1 aliphatic rings. The second-order valence-electron chi connectivity index (χ2n) is 10.0. The van der Waals surface area contributed by atoms with Crippen LogP contribution in [0.5, 0.6) is 0 Å². The fraction of sp³-hybridized carbons (Fsp3) is 0.481. The molecule has 1 fully saturated rings. The number of hydrogen-bond donors (Lipinski definition) is 2. The van der Waals surface area contributed by atoms with Gasteiger partial charge in [-0.3, -0.25) is 14.4 Å². The number of nitrogens with zero attached hydrogens (tertiary/aromatic N) is 3. The number of carbonyl (C=O) groups excluding carboxylic acids is 2. The zero-order valence-electron chi connectivity index (χ0n) is 21.1. The summed E-state index contributed by atoms with van der Waals surface area (Å²) in [6.07, 6.45) is 7.20. The Balaban J connectivity index is 1.63. The maximum atomic E-state index is 13.4. The highest BCUT2D eigenvalue weighted by atomic mass is 16.2. The smallest absolute Gasteiger partial charge is 0.259 e. The van der Waals surface area contributed by atoms with E-state index in [-0.39, 0.29) is 23.0 Å². The number of amides is 2. The van der Waals surface area contributed by atoms with Crippen molar-refractivity contribution in [3.8, 4) is 0 Å². The van der Waals surface area contributed by atoms with Gasteiger partial charge < -0.3 is 19.8 Å². The number of likely N-dealkylation sites (tertiary alicyclic amines) is 1. The van der Waals surface area contributed by atoms with Gasteiger partial charge in [0.25, 0.3) is 11.8 Å². The highest BCUT2D eigenvalue weighted by Crippen LogP contribution is 2.18. The zero-order chi connectivity index (χ0) is 25.1. The molecular formula is C27H35N5O3. The van der Waals surface area contributed by atoms with Crippen LogP contribution in [-0.4, -0.2) is 44.3 Å². The normalized spacial score (nSPS) is 15.3. The topological polar surface area (TPSA) is 100 Å².